The van der Waals surface area contributed by atoms with Crippen LogP contribution in [-0.2, 0) is 14.3 Å². The number of rotatable bonds is 7. The average Bonchev–Trinajstić information content (AvgIpc) is 3.15. The lowest BCUT2D eigenvalue weighted by molar-refractivity contribution is -0.147. The Balaban J connectivity index is 1.43. The number of hydrogen-bond donors (Lipinski definition) is 4. The zero-order chi connectivity index (χ0) is 24.3. The third kappa shape index (κ3) is 4.90. The van der Waals surface area contributed by atoms with Gasteiger partial charge in [-0.15, -0.1) is 0 Å². The van der Waals surface area contributed by atoms with E-state index in [0.717, 1.165) is 22.3 Å². The van der Waals surface area contributed by atoms with E-state index in [4.69, 9.17) is 4.74 Å². The first-order valence-electron chi connectivity index (χ1n) is 11.3. The van der Waals surface area contributed by atoms with Crippen LogP contribution in [0.15, 0.2) is 48.5 Å². The first kappa shape index (κ1) is 23.7. The molecule has 180 valence electrons. The van der Waals surface area contributed by atoms with E-state index >= 15 is 0 Å². The van der Waals surface area contributed by atoms with E-state index in [2.05, 4.69) is 5.32 Å². The van der Waals surface area contributed by atoms with Crippen molar-refractivity contribution in [2.45, 2.75) is 36.8 Å². The SMILES string of the molecule is O=C(O)CC(NC(=O)OCC1c2ccccc2-c2ccccc21)C(=O)N1CCCC(O)(CO)C1. The highest BCUT2D eigenvalue weighted by atomic mass is 16.5. The van der Waals surface area contributed by atoms with E-state index in [1.54, 1.807) is 0 Å². The highest BCUT2D eigenvalue weighted by molar-refractivity contribution is 5.89. The van der Waals surface area contributed by atoms with Gasteiger partial charge in [0.2, 0.25) is 5.91 Å². The van der Waals surface area contributed by atoms with E-state index in [0.29, 0.717) is 19.4 Å². The molecule has 0 aromatic heterocycles. The van der Waals surface area contributed by atoms with Crippen LogP contribution in [0.1, 0.15) is 36.3 Å². The second kappa shape index (κ2) is 9.82. The highest BCUT2D eigenvalue weighted by Crippen LogP contribution is 2.44. The number of β-amino-alcohol motifs (C(OH)–C–C–N with tert-alkyl or cyclic N) is 1. The van der Waals surface area contributed by atoms with Gasteiger partial charge in [-0.25, -0.2) is 4.79 Å². The Morgan fingerprint density at radius 1 is 1.09 bits per heavy atom. The van der Waals surface area contributed by atoms with Gasteiger partial charge < -0.3 is 30.3 Å². The number of aliphatic hydroxyl groups is 2. The minimum Gasteiger partial charge on any atom is -0.481 e. The van der Waals surface area contributed by atoms with Gasteiger partial charge in [0.15, 0.2) is 0 Å². The van der Waals surface area contributed by atoms with Crippen molar-refractivity contribution in [3.63, 3.8) is 0 Å². The number of hydrogen-bond acceptors (Lipinski definition) is 6. The summed E-state index contributed by atoms with van der Waals surface area (Å²) in [7, 11) is 0. The number of amides is 2. The van der Waals surface area contributed by atoms with Crippen LogP contribution in [-0.4, -0.2) is 76.1 Å². The number of ether oxygens (including phenoxy) is 1. The van der Waals surface area contributed by atoms with Gasteiger partial charge in [0, 0.05) is 12.5 Å². The van der Waals surface area contributed by atoms with Gasteiger partial charge in [-0.1, -0.05) is 48.5 Å². The Morgan fingerprint density at radius 2 is 1.71 bits per heavy atom. The van der Waals surface area contributed by atoms with E-state index < -0.39 is 42.6 Å². The van der Waals surface area contributed by atoms with E-state index in [1.165, 1.54) is 4.90 Å². The van der Waals surface area contributed by atoms with Crippen molar-refractivity contribution in [1.82, 2.24) is 10.2 Å². The molecule has 2 aromatic rings. The van der Waals surface area contributed by atoms with E-state index in [1.807, 2.05) is 48.5 Å². The number of fused-ring (bicyclic) bond motifs is 3. The number of aliphatic carboxylic acids is 1. The first-order valence-corrected chi connectivity index (χ1v) is 11.3. The Labute approximate surface area is 197 Å². The molecule has 1 heterocycles. The maximum absolute atomic E-state index is 13.0. The number of benzene rings is 2. The average molecular weight is 469 g/mol. The predicted molar refractivity (Wildman–Crippen MR) is 122 cm³/mol. The molecule has 2 aromatic carbocycles. The third-order valence-corrected chi connectivity index (χ3v) is 6.47. The molecule has 1 saturated heterocycles. The van der Waals surface area contributed by atoms with E-state index in [-0.39, 0.29) is 19.1 Å². The number of alkyl carbamates (subject to hydrolysis) is 1. The summed E-state index contributed by atoms with van der Waals surface area (Å²) in [6, 6.07) is 14.4. The van der Waals surface area contributed by atoms with Gasteiger partial charge in [-0.3, -0.25) is 9.59 Å². The lowest BCUT2D eigenvalue weighted by Crippen LogP contribution is -2.57. The predicted octanol–water partition coefficient (Wildman–Crippen LogP) is 1.71. The second-order valence-electron chi connectivity index (χ2n) is 8.87. The Kier molecular flexibility index (Phi) is 6.85. The first-order chi connectivity index (χ1) is 16.3. The molecule has 0 radical (unpaired) electrons. The molecule has 1 aliphatic heterocycles. The standard InChI is InChI=1S/C25H28N2O7/c28-15-25(33)10-5-11-27(14-25)23(31)21(12-22(29)30)26-24(32)34-13-20-18-8-3-1-6-16(18)17-7-2-4-9-19(17)20/h1-4,6-9,20-21,28,33H,5,10-15H2,(H,26,32)(H,29,30). The second-order valence-corrected chi connectivity index (χ2v) is 8.87. The number of piperidine rings is 1. The summed E-state index contributed by atoms with van der Waals surface area (Å²) in [4.78, 5) is 38.2. The van der Waals surface area contributed by atoms with Gasteiger partial charge in [-0.05, 0) is 35.1 Å². The molecule has 4 rings (SSSR count). The van der Waals surface area contributed by atoms with Crippen LogP contribution in [0.2, 0.25) is 0 Å². The summed E-state index contributed by atoms with van der Waals surface area (Å²) in [6.45, 7) is -0.323. The molecule has 0 spiro atoms. The van der Waals surface area contributed by atoms with Crippen molar-refractivity contribution < 1.29 is 34.4 Å². The van der Waals surface area contributed by atoms with Crippen molar-refractivity contribution in [3.05, 3.63) is 59.7 Å². The van der Waals surface area contributed by atoms with Crippen LogP contribution in [0.5, 0.6) is 0 Å². The summed E-state index contributed by atoms with van der Waals surface area (Å²) in [5.41, 5.74) is 2.78. The van der Waals surface area contributed by atoms with Gasteiger partial charge in [0.25, 0.3) is 0 Å². The van der Waals surface area contributed by atoms with Crippen molar-refractivity contribution in [1.29, 1.82) is 0 Å². The summed E-state index contributed by atoms with van der Waals surface area (Å²) in [5, 5.41) is 31.4. The molecule has 2 unspecified atom stereocenters. The summed E-state index contributed by atoms with van der Waals surface area (Å²) in [5.74, 6) is -2.07. The Hall–Kier alpha value is -3.43. The maximum Gasteiger partial charge on any atom is 0.407 e. The van der Waals surface area contributed by atoms with E-state index in [9.17, 15) is 29.7 Å². The lowest BCUT2D eigenvalue weighted by atomic mass is 9.93. The number of carboxylic acids is 1. The van der Waals surface area contributed by atoms with Crippen LogP contribution in [0, 0.1) is 0 Å². The smallest absolute Gasteiger partial charge is 0.407 e. The van der Waals surface area contributed by atoms with Crippen molar-refractivity contribution >= 4 is 18.0 Å². The van der Waals surface area contributed by atoms with Gasteiger partial charge >= 0.3 is 12.1 Å². The van der Waals surface area contributed by atoms with Gasteiger partial charge in [-0.2, -0.15) is 0 Å². The normalized spacial score (nSPS) is 20.2. The summed E-state index contributed by atoms with van der Waals surface area (Å²) < 4.78 is 5.45. The van der Waals surface area contributed by atoms with Crippen molar-refractivity contribution in [2.75, 3.05) is 26.3 Å². The minimum absolute atomic E-state index is 0.0296. The minimum atomic E-state index is -1.44. The molecule has 4 N–H and O–H groups in total. The molecule has 9 heteroatoms. The third-order valence-electron chi connectivity index (χ3n) is 6.47. The summed E-state index contributed by atoms with van der Waals surface area (Å²) >= 11 is 0. The van der Waals surface area contributed by atoms with Crippen LogP contribution in [0.25, 0.3) is 11.1 Å². The number of aliphatic hydroxyl groups excluding tert-OH is 1. The zero-order valence-corrected chi connectivity index (χ0v) is 18.6. The number of carboxylic acid groups (broad SMARTS) is 1. The number of likely N-dealkylation sites (tertiary alicyclic amines) is 1. The molecular weight excluding hydrogens is 440 g/mol. The molecule has 1 aliphatic carbocycles. The molecule has 2 aliphatic rings. The van der Waals surface area contributed by atoms with Gasteiger partial charge in [0.05, 0.1) is 19.6 Å². The lowest BCUT2D eigenvalue weighted by Gasteiger charge is -2.39. The zero-order valence-electron chi connectivity index (χ0n) is 18.6. The fourth-order valence-corrected chi connectivity index (χ4v) is 4.81. The molecule has 0 saturated carbocycles. The van der Waals surface area contributed by atoms with Gasteiger partial charge in [0.1, 0.15) is 18.2 Å². The monoisotopic (exact) mass is 468 g/mol. The quantitative estimate of drug-likeness (QED) is 0.486. The molecule has 2 amide bonds. The topological polar surface area (TPSA) is 136 Å². The largest absolute Gasteiger partial charge is 0.481 e. The Morgan fingerprint density at radius 3 is 2.29 bits per heavy atom. The molecule has 34 heavy (non-hydrogen) atoms. The summed E-state index contributed by atoms with van der Waals surface area (Å²) in [6.07, 6.45) is -0.739. The molecule has 9 nitrogen and oxygen atoms in total. The fraction of sp³-hybridized carbons (Fsp3) is 0.400. The molecule has 2 atom stereocenters. The number of carbonyl (C=O) groups excluding carboxylic acids is 2. The molecular formula is C25H28N2O7. The van der Waals surface area contributed by atoms with Crippen LogP contribution < -0.4 is 5.32 Å². The van der Waals surface area contributed by atoms with Crippen LogP contribution >= 0.6 is 0 Å². The van der Waals surface area contributed by atoms with Crippen molar-refractivity contribution in [3.8, 4) is 11.1 Å². The highest BCUT2D eigenvalue weighted by Gasteiger charge is 2.38. The maximum atomic E-state index is 13.0. The van der Waals surface area contributed by atoms with Crippen molar-refractivity contribution in [2.24, 2.45) is 0 Å². The number of nitrogens with one attached hydrogen (secondary N) is 1. The number of nitrogens with zero attached hydrogens (tertiary/aromatic N) is 1. The Bertz CT molecular complexity index is 1040. The van der Waals surface area contributed by atoms with Crippen LogP contribution in [0.3, 0.4) is 0 Å². The number of carbonyl (C=O) groups is 3. The molecule has 1 fully saturated rings. The van der Waals surface area contributed by atoms with Crippen LogP contribution in [0.4, 0.5) is 4.79 Å². The molecule has 0 bridgehead atoms. The fourth-order valence-electron chi connectivity index (χ4n) is 4.81.